The van der Waals surface area contributed by atoms with Gasteiger partial charge in [-0.3, -0.25) is 14.4 Å². The van der Waals surface area contributed by atoms with Crippen molar-refractivity contribution in [1.29, 1.82) is 0 Å². The van der Waals surface area contributed by atoms with Crippen LogP contribution in [0.5, 0.6) is 5.75 Å². The second kappa shape index (κ2) is 16.5. The quantitative estimate of drug-likeness (QED) is 0.102. The zero-order chi connectivity index (χ0) is 32.3. The summed E-state index contributed by atoms with van der Waals surface area (Å²) >= 11 is 0. The molecule has 1 saturated heterocycles. The third-order valence-corrected chi connectivity index (χ3v) is 7.38. The van der Waals surface area contributed by atoms with Gasteiger partial charge in [0.15, 0.2) is 6.10 Å². The molecule has 0 aliphatic carbocycles. The van der Waals surface area contributed by atoms with Crippen LogP contribution >= 0.6 is 0 Å². The van der Waals surface area contributed by atoms with E-state index in [1.807, 2.05) is 0 Å². The van der Waals surface area contributed by atoms with Crippen LogP contribution in [0.2, 0.25) is 0 Å². The third-order valence-electron chi connectivity index (χ3n) is 7.38. The molecule has 0 bridgehead atoms. The topological polar surface area (TPSA) is 227 Å². The second-order valence-electron chi connectivity index (χ2n) is 11.4. The van der Waals surface area contributed by atoms with Gasteiger partial charge in [-0.25, -0.2) is 4.79 Å². The van der Waals surface area contributed by atoms with Gasteiger partial charge in [-0.1, -0.05) is 46.1 Å². The molecule has 1 aromatic carbocycles. The Morgan fingerprint density at radius 1 is 1.09 bits per heavy atom. The Hall–Kier alpha value is -3.30. The number of hydrogen-bond donors (Lipinski definition) is 7. The smallest absolute Gasteiger partial charge is 0.335 e. The number of amides is 2. The molecule has 4 unspecified atom stereocenters. The molecule has 14 nitrogen and oxygen atoms in total. The Balaban J connectivity index is 2.02. The van der Waals surface area contributed by atoms with Crippen molar-refractivity contribution in [1.82, 2.24) is 5.32 Å². The Bertz CT molecular complexity index is 1110. The molecule has 1 aliphatic rings. The standard InChI is InChI=1S/C29H45N3O11/c1-5-29(3,4)12-7-6-8-18(30)26(38)31-13-11-21(34)32-19-14-17(15-41-16(2)33)9-10-20(19)42-28-24(37)22(35)23(36)25(43-28)27(39)40/h9-10,14,18,22-25,28,35-37H,5-8,11-13,15,30H2,1-4H3,(H,31,38)(H,32,34)(H,39,40)/t18?,22?,23-,24+,25?,28?/m0/s1. The van der Waals surface area contributed by atoms with Crippen molar-refractivity contribution in [2.45, 2.75) is 110 Å². The largest absolute Gasteiger partial charge is 0.479 e. The maximum atomic E-state index is 12.8. The summed E-state index contributed by atoms with van der Waals surface area (Å²) in [7, 11) is 0. The molecule has 6 atom stereocenters. The Morgan fingerprint density at radius 3 is 2.42 bits per heavy atom. The van der Waals surface area contributed by atoms with E-state index in [4.69, 9.17) is 19.9 Å². The summed E-state index contributed by atoms with van der Waals surface area (Å²) < 4.78 is 15.8. The highest BCUT2D eigenvalue weighted by Gasteiger charge is 2.48. The van der Waals surface area contributed by atoms with Gasteiger partial charge < -0.3 is 51.0 Å². The van der Waals surface area contributed by atoms with Crippen LogP contribution in [0.15, 0.2) is 18.2 Å². The lowest BCUT2D eigenvalue weighted by atomic mass is 9.84. The average molecular weight is 612 g/mol. The number of carbonyl (C=O) groups is 4. The first-order valence-corrected chi connectivity index (χ1v) is 14.3. The number of esters is 1. The van der Waals surface area contributed by atoms with Gasteiger partial charge >= 0.3 is 11.9 Å². The first kappa shape index (κ1) is 35.9. The van der Waals surface area contributed by atoms with Gasteiger partial charge in [0, 0.05) is 19.9 Å². The molecular formula is C29H45N3O11. The molecule has 1 aliphatic heterocycles. The molecular weight excluding hydrogens is 566 g/mol. The minimum absolute atomic E-state index is 0.000611. The van der Waals surface area contributed by atoms with Gasteiger partial charge in [-0.15, -0.1) is 0 Å². The number of ether oxygens (including phenoxy) is 3. The number of unbranched alkanes of at least 4 members (excludes halogenated alkanes) is 1. The predicted octanol–water partition coefficient (Wildman–Crippen LogP) is 0.789. The summed E-state index contributed by atoms with van der Waals surface area (Å²) in [6.07, 6.45) is -4.95. The highest BCUT2D eigenvalue weighted by atomic mass is 16.7. The number of anilines is 1. The molecule has 2 amide bonds. The van der Waals surface area contributed by atoms with E-state index in [-0.39, 0.29) is 42.3 Å². The maximum Gasteiger partial charge on any atom is 0.335 e. The molecule has 43 heavy (non-hydrogen) atoms. The monoisotopic (exact) mass is 611 g/mol. The lowest BCUT2D eigenvalue weighted by molar-refractivity contribution is -0.271. The summed E-state index contributed by atoms with van der Waals surface area (Å²) in [5.74, 6) is -3.09. The fourth-order valence-electron chi connectivity index (χ4n) is 4.25. The summed E-state index contributed by atoms with van der Waals surface area (Å²) in [5.41, 5.74) is 6.77. The average Bonchev–Trinajstić information content (AvgIpc) is 2.95. The van der Waals surface area contributed by atoms with E-state index in [9.17, 15) is 39.6 Å². The van der Waals surface area contributed by atoms with E-state index in [2.05, 4.69) is 31.4 Å². The number of carbonyl (C=O) groups excluding carboxylic acids is 3. The minimum atomic E-state index is -1.91. The highest BCUT2D eigenvalue weighted by molar-refractivity contribution is 5.93. The number of nitrogens with two attached hydrogens (primary N) is 1. The van der Waals surface area contributed by atoms with Gasteiger partial charge in [0.05, 0.1) is 11.7 Å². The van der Waals surface area contributed by atoms with Gasteiger partial charge in [0.25, 0.3) is 0 Å². The lowest BCUT2D eigenvalue weighted by Crippen LogP contribution is -2.61. The highest BCUT2D eigenvalue weighted by Crippen LogP contribution is 2.31. The van der Waals surface area contributed by atoms with E-state index in [1.165, 1.54) is 25.1 Å². The van der Waals surface area contributed by atoms with Crippen molar-refractivity contribution >= 4 is 29.4 Å². The molecule has 1 heterocycles. The van der Waals surface area contributed by atoms with Gasteiger partial charge in [-0.2, -0.15) is 0 Å². The fraction of sp³-hybridized carbons (Fsp3) is 0.655. The van der Waals surface area contributed by atoms with Crippen LogP contribution in [0.4, 0.5) is 5.69 Å². The summed E-state index contributed by atoms with van der Waals surface area (Å²) in [6.45, 7) is 7.65. The van der Waals surface area contributed by atoms with Gasteiger partial charge in [0.2, 0.25) is 18.1 Å². The molecule has 0 spiro atoms. The number of carboxylic acids is 1. The number of benzene rings is 1. The Morgan fingerprint density at radius 2 is 1.79 bits per heavy atom. The number of aliphatic hydroxyl groups excluding tert-OH is 3. The van der Waals surface area contributed by atoms with E-state index >= 15 is 0 Å². The Labute approximate surface area is 250 Å². The third kappa shape index (κ3) is 11.4. The maximum absolute atomic E-state index is 12.8. The van der Waals surface area contributed by atoms with Crippen molar-refractivity contribution in [2.24, 2.45) is 11.1 Å². The molecule has 14 heteroatoms. The van der Waals surface area contributed by atoms with Crippen molar-refractivity contribution < 1.29 is 53.8 Å². The van der Waals surface area contributed by atoms with Gasteiger partial charge in [-0.05, 0) is 36.0 Å². The number of carboxylic acid groups (broad SMARTS) is 1. The van der Waals surface area contributed by atoms with Crippen LogP contribution in [0, 0.1) is 5.41 Å². The van der Waals surface area contributed by atoms with E-state index in [1.54, 1.807) is 0 Å². The van der Waals surface area contributed by atoms with E-state index in [0.29, 0.717) is 12.0 Å². The van der Waals surface area contributed by atoms with Crippen LogP contribution in [-0.2, 0) is 35.3 Å². The van der Waals surface area contributed by atoms with Crippen LogP contribution in [0.3, 0.4) is 0 Å². The summed E-state index contributed by atoms with van der Waals surface area (Å²) in [6, 6.07) is 3.59. The van der Waals surface area contributed by atoms with Crippen molar-refractivity contribution in [3.05, 3.63) is 23.8 Å². The SMILES string of the molecule is CCC(C)(C)CCCCC(N)C(=O)NCCC(=O)Nc1cc(COC(C)=O)ccc1OC1OC(C(=O)O)[C@@H](O)C(O)[C@H]1O. The molecule has 0 radical (unpaired) electrons. The molecule has 1 aromatic rings. The first-order valence-electron chi connectivity index (χ1n) is 14.3. The first-order chi connectivity index (χ1) is 20.1. The van der Waals surface area contributed by atoms with Crippen LogP contribution < -0.4 is 21.1 Å². The number of aliphatic hydroxyl groups is 3. The van der Waals surface area contributed by atoms with Crippen LogP contribution in [0.25, 0.3) is 0 Å². The van der Waals surface area contributed by atoms with E-state index < -0.39 is 54.6 Å². The van der Waals surface area contributed by atoms with Crippen molar-refractivity contribution in [3.8, 4) is 5.75 Å². The Kier molecular flexibility index (Phi) is 13.8. The molecule has 0 saturated carbocycles. The van der Waals surface area contributed by atoms with Crippen molar-refractivity contribution in [2.75, 3.05) is 11.9 Å². The zero-order valence-corrected chi connectivity index (χ0v) is 25.1. The molecule has 242 valence electrons. The normalized spacial score (nSPS) is 22.7. The van der Waals surface area contributed by atoms with Crippen LogP contribution in [0.1, 0.15) is 71.8 Å². The predicted molar refractivity (Wildman–Crippen MR) is 154 cm³/mol. The number of nitrogens with one attached hydrogen (secondary N) is 2. The lowest BCUT2D eigenvalue weighted by Gasteiger charge is -2.38. The second-order valence-corrected chi connectivity index (χ2v) is 11.4. The fourth-order valence-corrected chi connectivity index (χ4v) is 4.25. The number of hydrogen-bond acceptors (Lipinski definition) is 11. The number of aliphatic carboxylic acids is 1. The minimum Gasteiger partial charge on any atom is -0.479 e. The molecule has 1 fully saturated rings. The summed E-state index contributed by atoms with van der Waals surface area (Å²) in [4.78, 5) is 47.8. The van der Waals surface area contributed by atoms with E-state index in [0.717, 1.165) is 25.7 Å². The molecule has 0 aromatic heterocycles. The number of rotatable bonds is 16. The summed E-state index contributed by atoms with van der Waals surface area (Å²) in [5, 5.41) is 44.9. The van der Waals surface area contributed by atoms with Gasteiger partial charge in [0.1, 0.15) is 30.7 Å². The molecule has 8 N–H and O–H groups in total. The van der Waals surface area contributed by atoms with Crippen LogP contribution in [-0.4, -0.2) is 87.5 Å². The van der Waals surface area contributed by atoms with Crippen molar-refractivity contribution in [3.63, 3.8) is 0 Å². The molecule has 2 rings (SSSR count). The zero-order valence-electron chi connectivity index (χ0n) is 25.1.